The minimum atomic E-state index is -3.90. The maximum absolute atomic E-state index is 14.4. The molecule has 2 N–H and O–H groups in total. The van der Waals surface area contributed by atoms with Crippen LogP contribution < -0.4 is 10.0 Å². The lowest BCUT2D eigenvalue weighted by Gasteiger charge is -2.21. The van der Waals surface area contributed by atoms with Crippen molar-refractivity contribution in [1.29, 1.82) is 0 Å². The Morgan fingerprint density at radius 3 is 2.40 bits per heavy atom. The molecule has 4 nitrogen and oxygen atoms in total. The molecule has 0 radical (unpaired) electrons. The first-order chi connectivity index (χ1) is 9.07. The first-order valence-electron chi connectivity index (χ1n) is 6.29. The number of sulfonamides is 1. The number of rotatable bonds is 5. The fourth-order valence-corrected chi connectivity index (χ4v) is 3.88. The van der Waals surface area contributed by atoms with Crippen LogP contribution >= 0.6 is 15.9 Å². The lowest BCUT2D eigenvalue weighted by molar-refractivity contribution is 0.484. The summed E-state index contributed by atoms with van der Waals surface area (Å²) < 4.78 is 41.9. The molecule has 0 aliphatic carbocycles. The minimum absolute atomic E-state index is 0.278. The van der Waals surface area contributed by atoms with E-state index in [0.717, 1.165) is 0 Å². The number of benzene rings is 1. The van der Waals surface area contributed by atoms with E-state index in [9.17, 15) is 12.8 Å². The van der Waals surface area contributed by atoms with Crippen LogP contribution in [-0.2, 0) is 16.6 Å². The molecule has 0 aromatic heterocycles. The quantitative estimate of drug-likeness (QED) is 0.842. The van der Waals surface area contributed by atoms with E-state index in [1.54, 1.807) is 26.8 Å². The van der Waals surface area contributed by atoms with E-state index in [1.807, 2.05) is 6.92 Å². The van der Waals surface area contributed by atoms with Gasteiger partial charge in [0.25, 0.3) is 0 Å². The summed E-state index contributed by atoms with van der Waals surface area (Å²) in [7, 11) is -3.90. The fourth-order valence-electron chi connectivity index (χ4n) is 1.66. The Morgan fingerprint density at radius 2 is 1.90 bits per heavy atom. The van der Waals surface area contributed by atoms with Crippen molar-refractivity contribution in [3.63, 3.8) is 0 Å². The highest BCUT2D eigenvalue weighted by atomic mass is 79.9. The van der Waals surface area contributed by atoms with Crippen molar-refractivity contribution in [2.45, 2.75) is 44.7 Å². The van der Waals surface area contributed by atoms with Crippen LogP contribution in [0.1, 0.15) is 33.3 Å². The van der Waals surface area contributed by atoms with Gasteiger partial charge in [0.2, 0.25) is 10.0 Å². The van der Waals surface area contributed by atoms with E-state index < -0.39 is 21.4 Å². The molecule has 20 heavy (non-hydrogen) atoms. The van der Waals surface area contributed by atoms with Crippen molar-refractivity contribution in [1.82, 2.24) is 10.0 Å². The monoisotopic (exact) mass is 366 g/mol. The topological polar surface area (TPSA) is 58.2 Å². The van der Waals surface area contributed by atoms with Gasteiger partial charge >= 0.3 is 0 Å². The van der Waals surface area contributed by atoms with Gasteiger partial charge in [0.1, 0.15) is 10.7 Å². The van der Waals surface area contributed by atoms with Gasteiger partial charge in [-0.25, -0.2) is 17.5 Å². The minimum Gasteiger partial charge on any atom is -0.313 e. The molecule has 1 aromatic carbocycles. The van der Waals surface area contributed by atoms with E-state index >= 15 is 0 Å². The largest absolute Gasteiger partial charge is 0.313 e. The maximum atomic E-state index is 14.4. The van der Waals surface area contributed by atoms with Crippen LogP contribution in [0.5, 0.6) is 0 Å². The van der Waals surface area contributed by atoms with Crippen LogP contribution in [-0.4, -0.2) is 20.5 Å². The highest BCUT2D eigenvalue weighted by Gasteiger charge is 2.26. The lowest BCUT2D eigenvalue weighted by atomic mass is 10.1. The van der Waals surface area contributed by atoms with Crippen LogP contribution in [0.25, 0.3) is 0 Å². The predicted octanol–water partition coefficient (Wildman–Crippen LogP) is 2.77. The van der Waals surface area contributed by atoms with E-state index in [-0.39, 0.29) is 11.4 Å². The van der Waals surface area contributed by atoms with Crippen molar-refractivity contribution in [3.8, 4) is 0 Å². The molecule has 0 atom stereocenters. The Bertz CT molecular complexity index is 583. The smallest absolute Gasteiger partial charge is 0.244 e. The second kappa shape index (κ2) is 6.51. The second-order valence-corrected chi connectivity index (χ2v) is 8.08. The summed E-state index contributed by atoms with van der Waals surface area (Å²) in [5.41, 5.74) is -0.356. The molecule has 0 aliphatic heterocycles. The summed E-state index contributed by atoms with van der Waals surface area (Å²) >= 11 is 3.22. The van der Waals surface area contributed by atoms with Gasteiger partial charge in [-0.3, -0.25) is 0 Å². The summed E-state index contributed by atoms with van der Waals surface area (Å²) in [5.74, 6) is -0.717. The van der Waals surface area contributed by atoms with E-state index in [1.165, 1.54) is 6.07 Å². The van der Waals surface area contributed by atoms with Gasteiger partial charge in [-0.15, -0.1) is 0 Å². The average molecular weight is 367 g/mol. The standard InChI is InChI=1S/C13H20BrFN2O2S/c1-5-16-8-9-6-10(14)7-11(12(9)15)20(18,19)17-13(2,3)4/h6-7,16-17H,5,8H2,1-4H3. The first kappa shape index (κ1) is 17.6. The summed E-state index contributed by atoms with van der Waals surface area (Å²) in [6.45, 7) is 7.97. The highest BCUT2D eigenvalue weighted by Crippen LogP contribution is 2.25. The molecular formula is C13H20BrFN2O2S. The summed E-state index contributed by atoms with van der Waals surface area (Å²) in [5, 5.41) is 2.98. The molecule has 1 aromatic rings. The van der Waals surface area contributed by atoms with Gasteiger partial charge in [-0.05, 0) is 39.4 Å². The molecule has 1 rings (SSSR count). The average Bonchev–Trinajstić information content (AvgIpc) is 2.26. The molecule has 0 aliphatic rings. The molecule has 0 bridgehead atoms. The van der Waals surface area contributed by atoms with Crippen LogP contribution in [0.4, 0.5) is 4.39 Å². The summed E-state index contributed by atoms with van der Waals surface area (Å²) in [4.78, 5) is -0.338. The van der Waals surface area contributed by atoms with Gasteiger partial charge in [0, 0.05) is 22.1 Å². The molecule has 0 spiro atoms. The van der Waals surface area contributed by atoms with Gasteiger partial charge < -0.3 is 5.32 Å². The molecule has 114 valence electrons. The van der Waals surface area contributed by atoms with E-state index in [2.05, 4.69) is 26.0 Å². The van der Waals surface area contributed by atoms with Crippen molar-refractivity contribution in [2.24, 2.45) is 0 Å². The van der Waals surface area contributed by atoms with E-state index in [0.29, 0.717) is 16.6 Å². The molecule has 0 heterocycles. The molecule has 0 fully saturated rings. The second-order valence-electron chi connectivity index (χ2n) is 5.51. The Hall–Kier alpha value is -0.500. The Kier molecular flexibility index (Phi) is 5.71. The Morgan fingerprint density at radius 1 is 1.30 bits per heavy atom. The molecule has 0 amide bonds. The zero-order valence-electron chi connectivity index (χ0n) is 12.0. The third-order valence-electron chi connectivity index (χ3n) is 2.37. The number of nitrogens with one attached hydrogen (secondary N) is 2. The first-order valence-corrected chi connectivity index (χ1v) is 8.57. The van der Waals surface area contributed by atoms with Crippen molar-refractivity contribution in [3.05, 3.63) is 28.0 Å². The Balaban J connectivity index is 3.28. The summed E-state index contributed by atoms with van der Waals surface area (Å²) in [6.07, 6.45) is 0. The van der Waals surface area contributed by atoms with Gasteiger partial charge in [0.05, 0.1) is 0 Å². The van der Waals surface area contributed by atoms with Gasteiger partial charge in [0.15, 0.2) is 0 Å². The zero-order valence-corrected chi connectivity index (χ0v) is 14.5. The Labute approximate surface area is 128 Å². The molecule has 7 heteroatoms. The number of hydrogen-bond donors (Lipinski definition) is 2. The number of hydrogen-bond acceptors (Lipinski definition) is 3. The summed E-state index contributed by atoms with van der Waals surface area (Å²) in [6, 6.07) is 2.85. The SMILES string of the molecule is CCNCc1cc(Br)cc(S(=O)(=O)NC(C)(C)C)c1F. The number of halogens is 2. The zero-order chi connectivity index (χ0) is 15.6. The molecule has 0 saturated heterocycles. The van der Waals surface area contributed by atoms with Crippen molar-refractivity contribution < 1.29 is 12.8 Å². The lowest BCUT2D eigenvalue weighted by Crippen LogP contribution is -2.40. The van der Waals surface area contributed by atoms with Crippen LogP contribution in [0, 0.1) is 5.82 Å². The maximum Gasteiger partial charge on any atom is 0.244 e. The van der Waals surface area contributed by atoms with Crippen molar-refractivity contribution >= 4 is 26.0 Å². The van der Waals surface area contributed by atoms with Crippen LogP contribution in [0.2, 0.25) is 0 Å². The van der Waals surface area contributed by atoms with E-state index in [4.69, 9.17) is 0 Å². The van der Waals surface area contributed by atoms with Crippen LogP contribution in [0.15, 0.2) is 21.5 Å². The fraction of sp³-hybridized carbons (Fsp3) is 0.538. The van der Waals surface area contributed by atoms with Gasteiger partial charge in [-0.1, -0.05) is 22.9 Å². The molecular weight excluding hydrogens is 347 g/mol. The highest BCUT2D eigenvalue weighted by molar-refractivity contribution is 9.10. The third-order valence-corrected chi connectivity index (χ3v) is 4.59. The van der Waals surface area contributed by atoms with Gasteiger partial charge in [-0.2, -0.15) is 0 Å². The normalized spacial score (nSPS) is 12.7. The predicted molar refractivity (Wildman–Crippen MR) is 81.6 cm³/mol. The van der Waals surface area contributed by atoms with Crippen LogP contribution in [0.3, 0.4) is 0 Å². The third kappa shape index (κ3) is 4.80. The molecule has 0 saturated carbocycles. The van der Waals surface area contributed by atoms with Crippen molar-refractivity contribution in [2.75, 3.05) is 6.54 Å². The molecule has 0 unspecified atom stereocenters.